The van der Waals surface area contributed by atoms with Crippen molar-refractivity contribution in [2.45, 2.75) is 25.3 Å². The van der Waals surface area contributed by atoms with Gasteiger partial charge in [0.25, 0.3) is 10.0 Å². The first-order chi connectivity index (χ1) is 10.3. The van der Waals surface area contributed by atoms with Crippen LogP contribution in [0.1, 0.15) is 16.8 Å². The molecule has 1 heterocycles. The summed E-state index contributed by atoms with van der Waals surface area (Å²) in [5.74, 6) is 0.261. The number of anilines is 1. The highest BCUT2D eigenvalue weighted by atomic mass is 35.5. The van der Waals surface area contributed by atoms with Gasteiger partial charge in [0, 0.05) is 17.8 Å². The standard InChI is InChI=1S/C15H17ClN2O3S/c1-10-13(16)5-4-6-14(10)22(19,20)18-15-8-7-12(9-21-3)11(2)17-15/h4-8H,9H2,1-3H3,(H,17,18). The molecule has 0 bridgehead atoms. The summed E-state index contributed by atoms with van der Waals surface area (Å²) in [5, 5.41) is 0.405. The van der Waals surface area contributed by atoms with Gasteiger partial charge in [0.1, 0.15) is 5.82 Å². The number of aryl methyl sites for hydroxylation is 1. The van der Waals surface area contributed by atoms with Crippen LogP contribution in [0.5, 0.6) is 0 Å². The Morgan fingerprint density at radius 2 is 1.95 bits per heavy atom. The van der Waals surface area contributed by atoms with Gasteiger partial charge in [-0.25, -0.2) is 13.4 Å². The Morgan fingerprint density at radius 1 is 1.23 bits per heavy atom. The Bertz CT molecular complexity index is 791. The summed E-state index contributed by atoms with van der Waals surface area (Å²) in [6.07, 6.45) is 0. The van der Waals surface area contributed by atoms with E-state index < -0.39 is 10.0 Å². The zero-order chi connectivity index (χ0) is 16.3. The summed E-state index contributed by atoms with van der Waals surface area (Å²) in [4.78, 5) is 4.39. The van der Waals surface area contributed by atoms with Crippen LogP contribution in [0.3, 0.4) is 0 Å². The monoisotopic (exact) mass is 340 g/mol. The summed E-state index contributed by atoms with van der Waals surface area (Å²) in [5.41, 5.74) is 2.12. The van der Waals surface area contributed by atoms with E-state index in [0.29, 0.717) is 22.9 Å². The first-order valence-corrected chi connectivity index (χ1v) is 8.44. The van der Waals surface area contributed by atoms with Crippen molar-refractivity contribution in [1.82, 2.24) is 4.98 Å². The van der Waals surface area contributed by atoms with E-state index in [1.165, 1.54) is 6.07 Å². The maximum absolute atomic E-state index is 12.5. The van der Waals surface area contributed by atoms with E-state index in [0.717, 1.165) is 5.56 Å². The largest absolute Gasteiger partial charge is 0.380 e. The average molecular weight is 341 g/mol. The first kappa shape index (κ1) is 16.7. The lowest BCUT2D eigenvalue weighted by Crippen LogP contribution is -2.15. The Kier molecular flexibility index (Phi) is 5.05. The van der Waals surface area contributed by atoms with E-state index >= 15 is 0 Å². The summed E-state index contributed by atoms with van der Waals surface area (Å²) in [7, 11) is -2.14. The topological polar surface area (TPSA) is 68.3 Å². The maximum atomic E-state index is 12.5. The minimum Gasteiger partial charge on any atom is -0.380 e. The zero-order valence-corrected chi connectivity index (χ0v) is 14.1. The molecule has 0 unspecified atom stereocenters. The highest BCUT2D eigenvalue weighted by Crippen LogP contribution is 2.24. The van der Waals surface area contributed by atoms with Crippen molar-refractivity contribution < 1.29 is 13.2 Å². The Balaban J connectivity index is 2.33. The van der Waals surface area contributed by atoms with E-state index in [4.69, 9.17) is 16.3 Å². The molecule has 0 aliphatic heterocycles. The minimum absolute atomic E-state index is 0.139. The van der Waals surface area contributed by atoms with E-state index in [1.54, 1.807) is 45.2 Å². The van der Waals surface area contributed by atoms with Crippen LogP contribution in [-0.2, 0) is 21.4 Å². The second-order valence-corrected chi connectivity index (χ2v) is 6.90. The van der Waals surface area contributed by atoms with E-state index in [1.807, 2.05) is 0 Å². The molecule has 0 saturated heterocycles. The van der Waals surface area contributed by atoms with Crippen LogP contribution in [0.2, 0.25) is 5.02 Å². The molecule has 2 rings (SSSR count). The molecule has 118 valence electrons. The molecule has 0 amide bonds. The molecule has 0 fully saturated rings. The number of ether oxygens (including phenoxy) is 1. The second kappa shape index (κ2) is 6.64. The lowest BCUT2D eigenvalue weighted by molar-refractivity contribution is 0.184. The van der Waals surface area contributed by atoms with Crippen LogP contribution < -0.4 is 4.72 Å². The van der Waals surface area contributed by atoms with E-state index in [-0.39, 0.29) is 10.7 Å². The number of nitrogens with zero attached hydrogens (tertiary/aromatic N) is 1. The molecule has 2 aromatic rings. The number of benzene rings is 1. The second-order valence-electron chi connectivity index (χ2n) is 4.84. The van der Waals surface area contributed by atoms with E-state index in [2.05, 4.69) is 9.71 Å². The third-order valence-corrected chi connectivity index (χ3v) is 5.15. The summed E-state index contributed by atoms with van der Waals surface area (Å²) in [6.45, 7) is 3.90. The summed E-state index contributed by atoms with van der Waals surface area (Å²) < 4.78 is 32.5. The molecule has 22 heavy (non-hydrogen) atoms. The molecule has 1 aromatic carbocycles. The number of rotatable bonds is 5. The van der Waals surface area contributed by atoms with Gasteiger partial charge in [-0.3, -0.25) is 4.72 Å². The molecule has 0 saturated carbocycles. The number of halogens is 1. The molecule has 7 heteroatoms. The van der Waals surface area contributed by atoms with Gasteiger partial charge in [0.15, 0.2) is 0 Å². The minimum atomic E-state index is -3.74. The van der Waals surface area contributed by atoms with E-state index in [9.17, 15) is 8.42 Å². The van der Waals surface area contributed by atoms with Gasteiger partial charge in [-0.1, -0.05) is 23.7 Å². The van der Waals surface area contributed by atoms with Crippen LogP contribution in [0.4, 0.5) is 5.82 Å². The molecule has 0 radical (unpaired) electrons. The number of hydrogen-bond donors (Lipinski definition) is 1. The first-order valence-electron chi connectivity index (χ1n) is 6.58. The molecule has 0 aliphatic carbocycles. The zero-order valence-electron chi connectivity index (χ0n) is 12.6. The predicted molar refractivity (Wildman–Crippen MR) is 86.7 cm³/mol. The van der Waals surface area contributed by atoms with Crippen LogP contribution in [0.15, 0.2) is 35.2 Å². The normalized spacial score (nSPS) is 11.5. The fourth-order valence-electron chi connectivity index (χ4n) is 2.03. The number of hydrogen-bond acceptors (Lipinski definition) is 4. The fraction of sp³-hybridized carbons (Fsp3) is 0.267. The van der Waals surface area contributed by atoms with Gasteiger partial charge in [-0.15, -0.1) is 0 Å². The van der Waals surface area contributed by atoms with Crippen LogP contribution in [0, 0.1) is 13.8 Å². The Labute approximate surface area is 135 Å². The molecule has 0 atom stereocenters. The lowest BCUT2D eigenvalue weighted by Gasteiger charge is -2.12. The molecule has 0 spiro atoms. The van der Waals surface area contributed by atoms with Crippen molar-refractivity contribution in [3.05, 3.63) is 52.2 Å². The summed E-state index contributed by atoms with van der Waals surface area (Å²) in [6, 6.07) is 8.16. The highest BCUT2D eigenvalue weighted by Gasteiger charge is 2.19. The van der Waals surface area contributed by atoms with Crippen molar-refractivity contribution in [2.75, 3.05) is 11.8 Å². The van der Waals surface area contributed by atoms with Gasteiger partial charge in [0.05, 0.1) is 11.5 Å². The number of pyridine rings is 1. The van der Waals surface area contributed by atoms with Gasteiger partial charge >= 0.3 is 0 Å². The smallest absolute Gasteiger partial charge is 0.263 e. The van der Waals surface area contributed by atoms with Crippen LogP contribution in [-0.4, -0.2) is 20.5 Å². The van der Waals surface area contributed by atoms with Crippen LogP contribution >= 0.6 is 11.6 Å². The molecular weight excluding hydrogens is 324 g/mol. The van der Waals surface area contributed by atoms with Crippen molar-refractivity contribution in [2.24, 2.45) is 0 Å². The van der Waals surface area contributed by atoms with Crippen LogP contribution in [0.25, 0.3) is 0 Å². The quantitative estimate of drug-likeness (QED) is 0.906. The van der Waals surface area contributed by atoms with Crippen molar-refractivity contribution in [3.8, 4) is 0 Å². The van der Waals surface area contributed by atoms with Gasteiger partial charge in [-0.05, 0) is 43.2 Å². The fourth-order valence-corrected chi connectivity index (χ4v) is 3.53. The van der Waals surface area contributed by atoms with Gasteiger partial charge in [-0.2, -0.15) is 0 Å². The predicted octanol–water partition coefficient (Wildman–Crippen LogP) is 3.30. The number of methoxy groups -OCH3 is 1. The number of aromatic nitrogens is 1. The molecule has 5 nitrogen and oxygen atoms in total. The van der Waals surface area contributed by atoms with Crippen molar-refractivity contribution in [1.29, 1.82) is 0 Å². The number of nitrogens with one attached hydrogen (secondary N) is 1. The van der Waals surface area contributed by atoms with Crippen molar-refractivity contribution in [3.63, 3.8) is 0 Å². The average Bonchev–Trinajstić information content (AvgIpc) is 2.44. The third kappa shape index (κ3) is 3.58. The van der Waals surface area contributed by atoms with Crippen molar-refractivity contribution >= 4 is 27.4 Å². The summed E-state index contributed by atoms with van der Waals surface area (Å²) >= 11 is 5.98. The van der Waals surface area contributed by atoms with Gasteiger partial charge in [0.2, 0.25) is 0 Å². The molecular formula is C15H17ClN2O3S. The lowest BCUT2D eigenvalue weighted by atomic mass is 10.2. The Morgan fingerprint density at radius 3 is 2.59 bits per heavy atom. The van der Waals surface area contributed by atoms with Gasteiger partial charge < -0.3 is 4.74 Å². The third-order valence-electron chi connectivity index (χ3n) is 3.24. The maximum Gasteiger partial charge on any atom is 0.263 e. The Hall–Kier alpha value is -1.63. The SMILES string of the molecule is COCc1ccc(NS(=O)(=O)c2cccc(Cl)c2C)nc1C. The number of sulfonamides is 1. The highest BCUT2D eigenvalue weighted by molar-refractivity contribution is 7.92. The molecule has 1 aromatic heterocycles. The molecule has 1 N–H and O–H groups in total. The molecule has 0 aliphatic rings.